The van der Waals surface area contributed by atoms with Crippen LogP contribution in [0.15, 0.2) is 17.0 Å². The second kappa shape index (κ2) is 4.59. The van der Waals surface area contributed by atoms with Crippen molar-refractivity contribution >= 4 is 27.4 Å². The van der Waals surface area contributed by atoms with Crippen molar-refractivity contribution in [3.05, 3.63) is 28.5 Å². The molecule has 17 heavy (non-hydrogen) atoms. The number of hydrogen-bond donors (Lipinski definition) is 2. The van der Waals surface area contributed by atoms with Crippen molar-refractivity contribution in [1.82, 2.24) is 0 Å². The number of aliphatic carboxylic acids is 1. The predicted octanol–water partition coefficient (Wildman–Crippen LogP) is 0.967. The van der Waals surface area contributed by atoms with Crippen LogP contribution in [0.3, 0.4) is 0 Å². The number of sulfone groups is 1. The van der Waals surface area contributed by atoms with E-state index in [0.717, 1.165) is 18.4 Å². The van der Waals surface area contributed by atoms with Crippen LogP contribution < -0.4 is 5.73 Å². The van der Waals surface area contributed by atoms with E-state index in [1.54, 1.807) is 0 Å². The van der Waals surface area contributed by atoms with Gasteiger partial charge < -0.3 is 10.8 Å². The molecule has 1 unspecified atom stereocenters. The number of halogens is 2. The molecular formula is C9H9ClFNO4S. The molecule has 0 amide bonds. The zero-order valence-corrected chi connectivity index (χ0v) is 10.2. The molecule has 94 valence electrons. The minimum absolute atomic E-state index is 0.104. The lowest BCUT2D eigenvalue weighted by molar-refractivity contribution is -0.138. The molecule has 0 aliphatic carbocycles. The van der Waals surface area contributed by atoms with Gasteiger partial charge in [-0.05, 0) is 17.7 Å². The first kappa shape index (κ1) is 13.9. The van der Waals surface area contributed by atoms with Crippen molar-refractivity contribution in [2.45, 2.75) is 10.9 Å². The van der Waals surface area contributed by atoms with E-state index < -0.39 is 32.6 Å². The molecule has 0 aliphatic rings. The van der Waals surface area contributed by atoms with Gasteiger partial charge >= 0.3 is 5.97 Å². The number of carbonyl (C=O) groups is 1. The SMILES string of the molecule is CS(=O)(=O)c1c(F)cc(C(N)C(=O)O)cc1Cl. The van der Waals surface area contributed by atoms with Crippen LogP contribution in [0.1, 0.15) is 11.6 Å². The molecular weight excluding hydrogens is 273 g/mol. The highest BCUT2D eigenvalue weighted by atomic mass is 35.5. The van der Waals surface area contributed by atoms with E-state index in [-0.39, 0.29) is 10.6 Å². The van der Waals surface area contributed by atoms with Crippen molar-refractivity contribution in [1.29, 1.82) is 0 Å². The number of carboxylic acid groups (broad SMARTS) is 1. The summed E-state index contributed by atoms with van der Waals surface area (Å²) in [6, 6.07) is 0.316. The fraction of sp³-hybridized carbons (Fsp3) is 0.222. The van der Waals surface area contributed by atoms with Gasteiger partial charge in [-0.2, -0.15) is 0 Å². The minimum Gasteiger partial charge on any atom is -0.480 e. The molecule has 1 atom stereocenters. The van der Waals surface area contributed by atoms with Gasteiger partial charge in [0, 0.05) is 6.26 Å². The van der Waals surface area contributed by atoms with Gasteiger partial charge in [-0.15, -0.1) is 0 Å². The predicted molar refractivity (Wildman–Crippen MR) is 59.1 cm³/mol. The van der Waals surface area contributed by atoms with Gasteiger partial charge in [0.1, 0.15) is 16.8 Å². The molecule has 0 fully saturated rings. The highest BCUT2D eigenvalue weighted by molar-refractivity contribution is 7.90. The van der Waals surface area contributed by atoms with Crippen LogP contribution in [0.25, 0.3) is 0 Å². The normalized spacial score (nSPS) is 13.4. The van der Waals surface area contributed by atoms with E-state index >= 15 is 0 Å². The Hall–Kier alpha value is -1.18. The third-order valence-electron chi connectivity index (χ3n) is 2.02. The van der Waals surface area contributed by atoms with Crippen molar-refractivity contribution in [3.8, 4) is 0 Å². The second-order valence-electron chi connectivity index (χ2n) is 3.40. The number of hydrogen-bond acceptors (Lipinski definition) is 4. The summed E-state index contributed by atoms with van der Waals surface area (Å²) in [6.45, 7) is 0. The average molecular weight is 282 g/mol. The molecule has 3 N–H and O–H groups in total. The van der Waals surface area contributed by atoms with E-state index in [2.05, 4.69) is 0 Å². The fourth-order valence-electron chi connectivity index (χ4n) is 1.26. The van der Waals surface area contributed by atoms with Crippen LogP contribution in [-0.4, -0.2) is 25.7 Å². The molecule has 1 aromatic rings. The van der Waals surface area contributed by atoms with E-state index in [4.69, 9.17) is 22.4 Å². The van der Waals surface area contributed by atoms with Gasteiger partial charge in [-0.3, -0.25) is 4.79 Å². The topological polar surface area (TPSA) is 97.5 Å². The molecule has 0 aliphatic heterocycles. The first-order valence-electron chi connectivity index (χ1n) is 4.32. The van der Waals surface area contributed by atoms with Gasteiger partial charge in [0.2, 0.25) is 0 Å². The van der Waals surface area contributed by atoms with Crippen molar-refractivity contribution in [2.24, 2.45) is 5.73 Å². The molecule has 0 heterocycles. The molecule has 0 saturated heterocycles. The lowest BCUT2D eigenvalue weighted by Gasteiger charge is -2.10. The Bertz CT molecular complexity index is 549. The lowest BCUT2D eigenvalue weighted by Crippen LogP contribution is -2.21. The highest BCUT2D eigenvalue weighted by Crippen LogP contribution is 2.28. The highest BCUT2D eigenvalue weighted by Gasteiger charge is 2.23. The van der Waals surface area contributed by atoms with E-state index in [1.807, 2.05) is 0 Å². The van der Waals surface area contributed by atoms with Crippen LogP contribution in [0.2, 0.25) is 5.02 Å². The summed E-state index contributed by atoms with van der Waals surface area (Å²) in [6.07, 6.45) is 0.800. The molecule has 5 nitrogen and oxygen atoms in total. The first-order chi connectivity index (χ1) is 7.64. The Balaban J connectivity index is 3.43. The lowest BCUT2D eigenvalue weighted by atomic mass is 10.1. The summed E-state index contributed by atoms with van der Waals surface area (Å²) in [4.78, 5) is 9.93. The van der Waals surface area contributed by atoms with E-state index in [0.29, 0.717) is 0 Å². The summed E-state index contributed by atoms with van der Waals surface area (Å²) in [5, 5.41) is 8.25. The largest absolute Gasteiger partial charge is 0.480 e. The van der Waals surface area contributed by atoms with Crippen molar-refractivity contribution in [3.63, 3.8) is 0 Å². The maximum Gasteiger partial charge on any atom is 0.325 e. The molecule has 0 spiro atoms. The standard InChI is InChI=1S/C9H9ClFNO4S/c1-17(15,16)8-5(10)2-4(3-6(8)11)7(12)9(13)14/h2-3,7H,12H2,1H3,(H,13,14). The fourth-order valence-corrected chi connectivity index (χ4v) is 2.72. The molecule has 1 aromatic carbocycles. The number of benzene rings is 1. The Morgan fingerprint density at radius 1 is 1.53 bits per heavy atom. The van der Waals surface area contributed by atoms with Gasteiger partial charge in [0.05, 0.1) is 5.02 Å². The zero-order valence-electron chi connectivity index (χ0n) is 8.65. The maximum atomic E-state index is 13.5. The summed E-state index contributed by atoms with van der Waals surface area (Å²) in [5.74, 6) is -2.49. The van der Waals surface area contributed by atoms with Crippen LogP contribution in [0.5, 0.6) is 0 Å². The van der Waals surface area contributed by atoms with E-state index in [1.165, 1.54) is 0 Å². The van der Waals surface area contributed by atoms with Crippen LogP contribution in [-0.2, 0) is 14.6 Å². The number of rotatable bonds is 3. The average Bonchev–Trinajstić information content (AvgIpc) is 2.12. The van der Waals surface area contributed by atoms with E-state index in [9.17, 15) is 17.6 Å². The number of nitrogens with two attached hydrogens (primary N) is 1. The Morgan fingerprint density at radius 2 is 2.06 bits per heavy atom. The second-order valence-corrected chi connectivity index (χ2v) is 5.76. The van der Waals surface area contributed by atoms with Crippen LogP contribution in [0, 0.1) is 5.82 Å². The van der Waals surface area contributed by atoms with Gasteiger partial charge in [0.25, 0.3) is 0 Å². The Morgan fingerprint density at radius 3 is 2.41 bits per heavy atom. The summed E-state index contributed by atoms with van der Waals surface area (Å²) in [7, 11) is -3.82. The monoisotopic (exact) mass is 281 g/mol. The summed E-state index contributed by atoms with van der Waals surface area (Å²) >= 11 is 5.60. The van der Waals surface area contributed by atoms with Crippen molar-refractivity contribution in [2.75, 3.05) is 6.26 Å². The molecule has 8 heteroatoms. The smallest absolute Gasteiger partial charge is 0.325 e. The Kier molecular flexibility index (Phi) is 3.75. The molecule has 0 saturated carbocycles. The van der Waals surface area contributed by atoms with Gasteiger partial charge in [-0.25, -0.2) is 12.8 Å². The molecule has 0 bridgehead atoms. The minimum atomic E-state index is -3.82. The zero-order chi connectivity index (χ0) is 13.4. The maximum absolute atomic E-state index is 13.5. The summed E-state index contributed by atoms with van der Waals surface area (Å²) < 4.78 is 36.0. The van der Waals surface area contributed by atoms with Gasteiger partial charge in [0.15, 0.2) is 9.84 Å². The first-order valence-corrected chi connectivity index (χ1v) is 6.59. The van der Waals surface area contributed by atoms with Gasteiger partial charge in [-0.1, -0.05) is 11.6 Å². The van der Waals surface area contributed by atoms with Crippen LogP contribution in [0.4, 0.5) is 4.39 Å². The third-order valence-corrected chi connectivity index (χ3v) is 3.58. The van der Waals surface area contributed by atoms with Crippen molar-refractivity contribution < 1.29 is 22.7 Å². The molecule has 0 aromatic heterocycles. The number of carboxylic acids is 1. The Labute approximate surface area is 102 Å². The quantitative estimate of drug-likeness (QED) is 0.860. The van der Waals surface area contributed by atoms with Crippen LogP contribution >= 0.6 is 11.6 Å². The summed E-state index contributed by atoms with van der Waals surface area (Å²) in [5.41, 5.74) is 5.16. The molecule has 0 radical (unpaired) electrons. The molecule has 1 rings (SSSR count). The third kappa shape index (κ3) is 2.93.